The van der Waals surface area contributed by atoms with Crippen LogP contribution in [0, 0.1) is 5.41 Å². The maximum atomic E-state index is 12.9. The minimum absolute atomic E-state index is 0.0775. The number of hydrogen-bond donors (Lipinski definition) is 1. The van der Waals surface area contributed by atoms with Crippen molar-refractivity contribution in [1.29, 1.82) is 0 Å². The van der Waals surface area contributed by atoms with Gasteiger partial charge in [-0.25, -0.2) is 0 Å². The summed E-state index contributed by atoms with van der Waals surface area (Å²) in [5.74, 6) is -0.132. The molecule has 5 nitrogen and oxygen atoms in total. The number of piperidine rings is 1. The molecule has 0 aromatic heterocycles. The topological polar surface area (TPSA) is 72.5 Å². The summed E-state index contributed by atoms with van der Waals surface area (Å²) in [4.78, 5) is 12.3. The van der Waals surface area contributed by atoms with Gasteiger partial charge in [-0.15, -0.1) is 4.31 Å². The van der Waals surface area contributed by atoms with E-state index in [9.17, 15) is 26.7 Å². The number of nitrogens with zero attached hydrogens (tertiary/aromatic N) is 1. The molecule has 1 unspecified atom stereocenters. The zero-order valence-corrected chi connectivity index (χ0v) is 16.2. The predicted octanol–water partition coefficient (Wildman–Crippen LogP) is 3.89. The molecule has 2 heterocycles. The molecular weight excluding hydrogens is 405 g/mol. The van der Waals surface area contributed by atoms with Gasteiger partial charge in [0.25, 0.3) is 0 Å². The van der Waals surface area contributed by atoms with Crippen molar-refractivity contribution in [3.8, 4) is 0 Å². The van der Waals surface area contributed by atoms with Crippen molar-refractivity contribution >= 4 is 22.0 Å². The summed E-state index contributed by atoms with van der Waals surface area (Å²) in [6.07, 6.45) is -3.48. The zero-order valence-electron chi connectivity index (χ0n) is 15.4. The van der Waals surface area contributed by atoms with Crippen LogP contribution >= 0.6 is 0 Å². The van der Waals surface area contributed by atoms with E-state index in [0.29, 0.717) is 25.3 Å². The molecule has 2 aromatic rings. The monoisotopic (exact) mass is 424 g/mol. The Hall–Kier alpha value is -2.23. The highest BCUT2D eigenvalue weighted by Crippen LogP contribution is 2.43. The number of nitrogens with one attached hydrogen (secondary N) is 1. The lowest BCUT2D eigenvalue weighted by Gasteiger charge is -2.43. The van der Waals surface area contributed by atoms with E-state index in [1.165, 1.54) is 10.4 Å². The van der Waals surface area contributed by atoms with Gasteiger partial charge in [0.05, 0.1) is 11.0 Å². The Morgan fingerprint density at radius 2 is 1.76 bits per heavy atom. The van der Waals surface area contributed by atoms with Gasteiger partial charge in [0.1, 0.15) is 0 Å². The molecule has 1 amide bonds. The second-order valence-electron chi connectivity index (χ2n) is 7.50. The van der Waals surface area contributed by atoms with Gasteiger partial charge in [-0.1, -0.05) is 28.5 Å². The molecule has 1 spiro atoms. The fraction of sp³-hybridized carbons (Fsp3) is 0.350. The van der Waals surface area contributed by atoms with E-state index in [4.69, 9.17) is 0 Å². The van der Waals surface area contributed by atoms with Gasteiger partial charge in [-0.3, -0.25) is 4.79 Å². The molecule has 0 bridgehead atoms. The summed E-state index contributed by atoms with van der Waals surface area (Å²) >= 11 is 0. The Balaban J connectivity index is 1.54. The molecule has 1 N–H and O–H groups in total. The summed E-state index contributed by atoms with van der Waals surface area (Å²) in [6, 6.07) is 11.2. The molecule has 2 aromatic carbocycles. The molecular formula is C20H19F3N2O3S. The number of anilines is 1. The van der Waals surface area contributed by atoms with Crippen molar-refractivity contribution in [2.75, 3.05) is 18.4 Å². The second kappa shape index (κ2) is 6.93. The van der Waals surface area contributed by atoms with Crippen molar-refractivity contribution in [2.24, 2.45) is 5.41 Å². The third kappa shape index (κ3) is 3.58. The van der Waals surface area contributed by atoms with Crippen LogP contribution < -0.4 is 5.32 Å². The Bertz CT molecular complexity index is 1000. The van der Waals surface area contributed by atoms with Crippen LogP contribution in [0.1, 0.15) is 24.0 Å². The standard InChI is InChI=1S/C20H19F3N2O3S/c21-20(22,23)15-5-3-6-16(12-15)29(27,28)25-10-8-19(9-11-25)13-14-4-1-2-7-17(14)24-18(19)26/h1-7,12H,8-11,13H2,(H-,24,26,27,28). The third-order valence-electron chi connectivity index (χ3n) is 5.75. The van der Waals surface area contributed by atoms with Crippen molar-refractivity contribution in [1.82, 2.24) is 4.31 Å². The summed E-state index contributed by atoms with van der Waals surface area (Å²) < 4.78 is 65.8. The number of carbonyl (C=O) groups is 1. The van der Waals surface area contributed by atoms with E-state index in [1.807, 2.05) is 24.3 Å². The summed E-state index contributed by atoms with van der Waals surface area (Å²) in [7, 11) is -4.08. The number of rotatable bonds is 2. The number of halogens is 3. The molecule has 0 radical (unpaired) electrons. The van der Waals surface area contributed by atoms with Gasteiger partial charge in [0, 0.05) is 24.8 Å². The van der Waals surface area contributed by atoms with E-state index >= 15 is 0 Å². The van der Waals surface area contributed by atoms with Crippen LogP contribution in [0.15, 0.2) is 53.4 Å². The van der Waals surface area contributed by atoms with Gasteiger partial charge in [0.2, 0.25) is 5.91 Å². The largest absolute Gasteiger partial charge is 0.593 e. The van der Waals surface area contributed by atoms with Crippen molar-refractivity contribution in [2.45, 2.75) is 30.3 Å². The first-order chi connectivity index (χ1) is 13.6. The fourth-order valence-electron chi connectivity index (χ4n) is 4.04. The summed E-state index contributed by atoms with van der Waals surface area (Å²) in [5.41, 5.74) is 0.0625. The molecule has 2 aliphatic heterocycles. The van der Waals surface area contributed by atoms with Crippen LogP contribution in [0.25, 0.3) is 0 Å². The lowest BCUT2D eigenvalue weighted by molar-refractivity contribution is -0.137. The van der Waals surface area contributed by atoms with Gasteiger partial charge in [-0.05, 0) is 43.0 Å². The van der Waals surface area contributed by atoms with Gasteiger partial charge >= 0.3 is 6.18 Å². The van der Waals surface area contributed by atoms with Gasteiger partial charge in [-0.2, -0.15) is 13.2 Å². The number of hydrogen-bond acceptors (Lipinski definition) is 3. The number of alkyl halides is 3. The number of sulfonamides is 1. The average Bonchev–Trinajstić information content (AvgIpc) is 2.69. The summed E-state index contributed by atoms with van der Waals surface area (Å²) in [5, 5.41) is 2.90. The van der Waals surface area contributed by atoms with Gasteiger partial charge < -0.3 is 9.87 Å². The lowest BCUT2D eigenvalue weighted by Crippen LogP contribution is -2.52. The van der Waals surface area contributed by atoms with E-state index in [0.717, 1.165) is 23.4 Å². The van der Waals surface area contributed by atoms with Gasteiger partial charge in [0.15, 0.2) is 15.3 Å². The highest BCUT2D eigenvalue weighted by molar-refractivity contribution is 7.95. The van der Waals surface area contributed by atoms with E-state index < -0.39 is 27.6 Å². The first-order valence-electron chi connectivity index (χ1n) is 9.19. The highest BCUT2D eigenvalue weighted by Gasteiger charge is 2.48. The molecule has 0 aliphatic carbocycles. The zero-order chi connectivity index (χ0) is 20.9. The maximum Gasteiger partial charge on any atom is 0.416 e. The normalized spacial score (nSPS) is 21.3. The smallest absolute Gasteiger partial charge is 0.416 e. The Morgan fingerprint density at radius 1 is 1.07 bits per heavy atom. The lowest BCUT2D eigenvalue weighted by atomic mass is 9.71. The Labute approximate surface area is 167 Å². The quantitative estimate of drug-likeness (QED) is 0.744. The molecule has 1 saturated heterocycles. The Kier molecular flexibility index (Phi) is 4.79. The van der Waals surface area contributed by atoms with E-state index in [-0.39, 0.29) is 23.9 Å². The minimum atomic E-state index is -4.62. The molecule has 1 fully saturated rings. The second-order valence-corrected chi connectivity index (χ2v) is 9.44. The minimum Gasteiger partial charge on any atom is -0.593 e. The van der Waals surface area contributed by atoms with Crippen LogP contribution in [0.5, 0.6) is 0 Å². The molecule has 154 valence electrons. The van der Waals surface area contributed by atoms with Crippen LogP contribution in [0.2, 0.25) is 0 Å². The molecule has 9 heteroatoms. The van der Waals surface area contributed by atoms with E-state index in [1.54, 1.807) is 0 Å². The fourth-order valence-corrected chi connectivity index (χ4v) is 5.52. The predicted molar refractivity (Wildman–Crippen MR) is 101 cm³/mol. The maximum absolute atomic E-state index is 12.9. The highest BCUT2D eigenvalue weighted by atomic mass is 32.3. The first-order valence-corrected chi connectivity index (χ1v) is 10.6. The molecule has 0 saturated carbocycles. The van der Waals surface area contributed by atoms with E-state index in [2.05, 4.69) is 5.32 Å². The number of fused-ring (bicyclic) bond motifs is 1. The summed E-state index contributed by atoms with van der Waals surface area (Å²) in [6.45, 7) is 0.155. The molecule has 1 atom stereocenters. The van der Waals surface area contributed by atoms with Crippen molar-refractivity contribution in [3.05, 3.63) is 59.7 Å². The molecule has 29 heavy (non-hydrogen) atoms. The van der Waals surface area contributed by atoms with Crippen LogP contribution in [-0.4, -0.2) is 27.9 Å². The van der Waals surface area contributed by atoms with Crippen molar-refractivity contribution < 1.29 is 26.7 Å². The third-order valence-corrected chi connectivity index (χ3v) is 7.65. The number of para-hydroxylation sites is 1. The average molecular weight is 424 g/mol. The number of benzene rings is 2. The van der Waals surface area contributed by atoms with Crippen LogP contribution in [0.3, 0.4) is 0 Å². The Morgan fingerprint density at radius 3 is 2.45 bits per heavy atom. The first kappa shape index (κ1) is 20.1. The van der Waals surface area contributed by atoms with Crippen LogP contribution in [0.4, 0.5) is 18.9 Å². The molecule has 2 aliphatic rings. The van der Waals surface area contributed by atoms with Crippen LogP contribution in [-0.2, 0) is 32.0 Å². The van der Waals surface area contributed by atoms with Crippen molar-refractivity contribution in [3.63, 3.8) is 0 Å². The SMILES string of the molecule is O=C1Nc2ccccc2CC12CCN([S+](=O)([O-])c1cccc(C(F)(F)F)c1)CC2. The number of carbonyl (C=O) groups excluding carboxylic acids is 1. The number of amides is 1. The molecule has 4 rings (SSSR count).